The molecule has 0 radical (unpaired) electrons. The van der Waals surface area contributed by atoms with E-state index in [9.17, 15) is 0 Å². The van der Waals surface area contributed by atoms with Crippen LogP contribution in [0.4, 0.5) is 5.95 Å². The molecule has 1 aliphatic heterocycles. The van der Waals surface area contributed by atoms with Gasteiger partial charge in [0.25, 0.3) is 0 Å². The van der Waals surface area contributed by atoms with Crippen LogP contribution in [-0.2, 0) is 0 Å². The van der Waals surface area contributed by atoms with Crippen LogP contribution in [-0.4, -0.2) is 34.3 Å². The second-order valence-corrected chi connectivity index (χ2v) is 3.61. The summed E-state index contributed by atoms with van der Waals surface area (Å²) in [7, 11) is 0. The van der Waals surface area contributed by atoms with Crippen LogP contribution in [0, 0.1) is 6.92 Å². The third-order valence-corrected chi connectivity index (χ3v) is 2.31. The molecule has 0 aromatic carbocycles. The van der Waals surface area contributed by atoms with Crippen molar-refractivity contribution in [1.82, 2.24) is 20.5 Å². The molecule has 1 saturated heterocycles. The summed E-state index contributed by atoms with van der Waals surface area (Å²) < 4.78 is 0. The smallest absolute Gasteiger partial charge is 0.243 e. The van der Waals surface area contributed by atoms with Crippen LogP contribution in [0.15, 0.2) is 6.20 Å². The fourth-order valence-corrected chi connectivity index (χ4v) is 1.60. The second kappa shape index (κ2) is 4.32. The SMILES string of the molecule is Cc1cnnc(NC2CCCNC2)n1. The third-order valence-electron chi connectivity index (χ3n) is 2.31. The summed E-state index contributed by atoms with van der Waals surface area (Å²) in [6, 6.07) is 0.437. The van der Waals surface area contributed by atoms with Gasteiger partial charge in [0.2, 0.25) is 5.95 Å². The largest absolute Gasteiger partial charge is 0.349 e. The van der Waals surface area contributed by atoms with E-state index < -0.39 is 0 Å². The van der Waals surface area contributed by atoms with Gasteiger partial charge in [0.05, 0.1) is 11.9 Å². The first-order chi connectivity index (χ1) is 6.84. The standard InChI is InChI=1S/C9H15N5/c1-7-5-11-14-9(12-7)13-8-3-2-4-10-6-8/h5,8,10H,2-4,6H2,1H3,(H,12,13,14). The average Bonchev–Trinajstić information content (AvgIpc) is 2.19. The van der Waals surface area contributed by atoms with Gasteiger partial charge >= 0.3 is 0 Å². The van der Waals surface area contributed by atoms with E-state index in [2.05, 4.69) is 25.8 Å². The summed E-state index contributed by atoms with van der Waals surface area (Å²) in [5, 5.41) is 14.4. The Morgan fingerprint density at radius 2 is 2.50 bits per heavy atom. The van der Waals surface area contributed by atoms with Gasteiger partial charge < -0.3 is 10.6 Å². The molecule has 5 nitrogen and oxygen atoms in total. The number of piperidine rings is 1. The zero-order valence-corrected chi connectivity index (χ0v) is 8.32. The maximum Gasteiger partial charge on any atom is 0.243 e. The van der Waals surface area contributed by atoms with Crippen molar-refractivity contribution in [2.75, 3.05) is 18.4 Å². The zero-order chi connectivity index (χ0) is 9.80. The summed E-state index contributed by atoms with van der Waals surface area (Å²) in [5.74, 6) is 0.638. The first kappa shape index (κ1) is 9.33. The molecule has 5 heteroatoms. The Morgan fingerprint density at radius 1 is 1.57 bits per heavy atom. The molecule has 1 aromatic heterocycles. The molecular weight excluding hydrogens is 178 g/mol. The normalized spacial score (nSPS) is 21.9. The van der Waals surface area contributed by atoms with E-state index in [0.717, 1.165) is 18.8 Å². The van der Waals surface area contributed by atoms with Gasteiger partial charge in [0, 0.05) is 12.6 Å². The Kier molecular flexibility index (Phi) is 2.88. The lowest BCUT2D eigenvalue weighted by Gasteiger charge is -2.23. The minimum Gasteiger partial charge on any atom is -0.349 e. The van der Waals surface area contributed by atoms with Crippen LogP contribution in [0.25, 0.3) is 0 Å². The molecular formula is C9H15N5. The van der Waals surface area contributed by atoms with Crippen molar-refractivity contribution in [2.45, 2.75) is 25.8 Å². The van der Waals surface area contributed by atoms with E-state index in [1.807, 2.05) is 6.92 Å². The van der Waals surface area contributed by atoms with E-state index in [0.29, 0.717) is 12.0 Å². The summed E-state index contributed by atoms with van der Waals surface area (Å²) in [4.78, 5) is 4.25. The highest BCUT2D eigenvalue weighted by Crippen LogP contribution is 2.07. The summed E-state index contributed by atoms with van der Waals surface area (Å²) >= 11 is 0. The molecule has 2 heterocycles. The highest BCUT2D eigenvalue weighted by molar-refractivity contribution is 5.24. The molecule has 0 spiro atoms. The molecule has 0 amide bonds. The van der Waals surface area contributed by atoms with Crippen molar-refractivity contribution in [2.24, 2.45) is 0 Å². The minimum atomic E-state index is 0.437. The van der Waals surface area contributed by atoms with Crippen molar-refractivity contribution >= 4 is 5.95 Å². The number of nitrogens with one attached hydrogen (secondary N) is 2. The Hall–Kier alpha value is -1.23. The molecule has 1 unspecified atom stereocenters. The number of rotatable bonds is 2. The van der Waals surface area contributed by atoms with Gasteiger partial charge in [-0.15, -0.1) is 5.10 Å². The Morgan fingerprint density at radius 3 is 3.21 bits per heavy atom. The molecule has 0 aliphatic carbocycles. The fraction of sp³-hybridized carbons (Fsp3) is 0.667. The predicted molar refractivity (Wildman–Crippen MR) is 54.1 cm³/mol. The lowest BCUT2D eigenvalue weighted by atomic mass is 10.1. The molecule has 14 heavy (non-hydrogen) atoms. The van der Waals surface area contributed by atoms with Crippen LogP contribution in [0.1, 0.15) is 18.5 Å². The Labute approximate surface area is 83.3 Å². The van der Waals surface area contributed by atoms with E-state index >= 15 is 0 Å². The molecule has 1 aromatic rings. The first-order valence-electron chi connectivity index (χ1n) is 4.98. The number of aromatic nitrogens is 3. The predicted octanol–water partition coefficient (Wildman–Crippen LogP) is 0.344. The summed E-state index contributed by atoms with van der Waals surface area (Å²) in [5.41, 5.74) is 0.895. The number of anilines is 1. The van der Waals surface area contributed by atoms with Gasteiger partial charge in [-0.05, 0) is 26.3 Å². The highest BCUT2D eigenvalue weighted by Gasteiger charge is 2.13. The summed E-state index contributed by atoms with van der Waals surface area (Å²) in [6.45, 7) is 4.02. The van der Waals surface area contributed by atoms with Gasteiger partial charge in [-0.3, -0.25) is 0 Å². The monoisotopic (exact) mass is 193 g/mol. The quantitative estimate of drug-likeness (QED) is 0.709. The number of nitrogens with zero attached hydrogens (tertiary/aromatic N) is 3. The van der Waals surface area contributed by atoms with Gasteiger partial charge in [-0.1, -0.05) is 0 Å². The third kappa shape index (κ3) is 2.38. The lowest BCUT2D eigenvalue weighted by molar-refractivity contribution is 0.477. The van der Waals surface area contributed by atoms with Crippen LogP contribution in [0.2, 0.25) is 0 Å². The van der Waals surface area contributed by atoms with Crippen LogP contribution >= 0.6 is 0 Å². The van der Waals surface area contributed by atoms with Gasteiger partial charge in [-0.25, -0.2) is 4.98 Å². The average molecular weight is 193 g/mol. The number of hydrogen-bond donors (Lipinski definition) is 2. The fourth-order valence-electron chi connectivity index (χ4n) is 1.60. The van der Waals surface area contributed by atoms with Gasteiger partial charge in [0.15, 0.2) is 0 Å². The van der Waals surface area contributed by atoms with E-state index in [4.69, 9.17) is 0 Å². The molecule has 1 atom stereocenters. The molecule has 0 saturated carbocycles. The van der Waals surface area contributed by atoms with Crippen LogP contribution in [0.5, 0.6) is 0 Å². The molecule has 76 valence electrons. The first-order valence-corrected chi connectivity index (χ1v) is 4.98. The molecule has 0 bridgehead atoms. The number of hydrogen-bond acceptors (Lipinski definition) is 5. The molecule has 1 aliphatic rings. The molecule has 2 N–H and O–H groups in total. The van der Waals surface area contributed by atoms with E-state index in [1.165, 1.54) is 12.8 Å². The summed E-state index contributed by atoms with van der Waals surface area (Å²) in [6.07, 6.45) is 4.03. The highest BCUT2D eigenvalue weighted by atomic mass is 15.2. The minimum absolute atomic E-state index is 0.437. The van der Waals surface area contributed by atoms with Crippen molar-refractivity contribution in [3.05, 3.63) is 11.9 Å². The Balaban J connectivity index is 1.95. The van der Waals surface area contributed by atoms with E-state index in [-0.39, 0.29) is 0 Å². The van der Waals surface area contributed by atoms with Crippen LogP contribution in [0.3, 0.4) is 0 Å². The van der Waals surface area contributed by atoms with Crippen molar-refractivity contribution in [3.63, 3.8) is 0 Å². The van der Waals surface area contributed by atoms with E-state index in [1.54, 1.807) is 6.20 Å². The van der Waals surface area contributed by atoms with Crippen molar-refractivity contribution in [1.29, 1.82) is 0 Å². The number of aryl methyl sites for hydroxylation is 1. The van der Waals surface area contributed by atoms with Gasteiger partial charge in [0.1, 0.15) is 0 Å². The molecule has 2 rings (SSSR count). The lowest BCUT2D eigenvalue weighted by Crippen LogP contribution is -2.38. The maximum absolute atomic E-state index is 4.25. The second-order valence-electron chi connectivity index (χ2n) is 3.61. The zero-order valence-electron chi connectivity index (χ0n) is 8.32. The maximum atomic E-state index is 4.25. The topological polar surface area (TPSA) is 62.7 Å². The van der Waals surface area contributed by atoms with Crippen molar-refractivity contribution < 1.29 is 0 Å². The van der Waals surface area contributed by atoms with Crippen LogP contribution < -0.4 is 10.6 Å². The van der Waals surface area contributed by atoms with Crippen molar-refractivity contribution in [3.8, 4) is 0 Å². The molecule has 1 fully saturated rings. The van der Waals surface area contributed by atoms with Gasteiger partial charge in [-0.2, -0.15) is 5.10 Å². The Bertz CT molecular complexity index is 295.